The first-order chi connectivity index (χ1) is 10.0. The molecule has 1 fully saturated rings. The van der Waals surface area contributed by atoms with E-state index in [9.17, 15) is 9.59 Å². The van der Waals surface area contributed by atoms with Crippen LogP contribution in [0.15, 0.2) is 29.2 Å². The third-order valence-corrected chi connectivity index (χ3v) is 4.39. The number of rotatable bonds is 5. The number of likely N-dealkylation sites (N-methyl/N-ethyl adjacent to an activating group) is 1. The van der Waals surface area contributed by atoms with Crippen LogP contribution in [-0.2, 0) is 4.79 Å². The second-order valence-corrected chi connectivity index (χ2v) is 6.60. The van der Waals surface area contributed by atoms with Crippen LogP contribution in [-0.4, -0.2) is 53.5 Å². The first kappa shape index (κ1) is 15.9. The first-order valence-electron chi connectivity index (χ1n) is 6.46. The molecular formula is C15H16N2O2S2. The Balaban J connectivity index is 2.13. The number of thioether (sulfide) groups is 1. The number of aldehydes is 1. The van der Waals surface area contributed by atoms with E-state index in [1.54, 1.807) is 17.0 Å². The SMILES string of the molecule is CN(C)CCN1C(=O)/C(=C/c2ccc(C=O)cc2)SC1=S. The highest BCUT2D eigenvalue weighted by Crippen LogP contribution is 2.32. The average Bonchev–Trinajstić information content (AvgIpc) is 2.72. The van der Waals surface area contributed by atoms with Crippen LogP contribution in [0.1, 0.15) is 15.9 Å². The summed E-state index contributed by atoms with van der Waals surface area (Å²) in [5.41, 5.74) is 1.50. The molecule has 1 heterocycles. The van der Waals surface area contributed by atoms with Crippen LogP contribution in [0.4, 0.5) is 0 Å². The Morgan fingerprint density at radius 3 is 2.43 bits per heavy atom. The van der Waals surface area contributed by atoms with E-state index in [-0.39, 0.29) is 5.91 Å². The fourth-order valence-electron chi connectivity index (χ4n) is 1.81. The summed E-state index contributed by atoms with van der Waals surface area (Å²) in [6.45, 7) is 1.37. The van der Waals surface area contributed by atoms with Crippen molar-refractivity contribution < 1.29 is 9.59 Å². The van der Waals surface area contributed by atoms with E-state index in [1.165, 1.54) is 11.8 Å². The molecule has 0 atom stereocenters. The van der Waals surface area contributed by atoms with Crippen molar-refractivity contribution in [3.05, 3.63) is 40.3 Å². The largest absolute Gasteiger partial charge is 0.308 e. The van der Waals surface area contributed by atoms with Gasteiger partial charge in [-0.05, 0) is 25.7 Å². The van der Waals surface area contributed by atoms with Gasteiger partial charge in [0.1, 0.15) is 10.6 Å². The predicted molar refractivity (Wildman–Crippen MR) is 90.3 cm³/mol. The van der Waals surface area contributed by atoms with Crippen LogP contribution in [0, 0.1) is 0 Å². The highest BCUT2D eigenvalue weighted by molar-refractivity contribution is 8.26. The molecule has 0 aromatic heterocycles. The summed E-state index contributed by atoms with van der Waals surface area (Å²) in [6.07, 6.45) is 2.61. The third-order valence-electron chi connectivity index (χ3n) is 3.01. The lowest BCUT2D eigenvalue weighted by Gasteiger charge is -2.17. The Labute approximate surface area is 133 Å². The maximum absolute atomic E-state index is 12.3. The summed E-state index contributed by atoms with van der Waals surface area (Å²) >= 11 is 6.58. The van der Waals surface area contributed by atoms with E-state index in [1.807, 2.05) is 37.2 Å². The molecule has 0 spiro atoms. The molecule has 0 bridgehead atoms. The van der Waals surface area contributed by atoms with Crippen LogP contribution in [0.3, 0.4) is 0 Å². The van der Waals surface area contributed by atoms with Gasteiger partial charge < -0.3 is 4.90 Å². The summed E-state index contributed by atoms with van der Waals surface area (Å²) in [5, 5.41) is 0. The Kier molecular flexibility index (Phi) is 5.27. The molecule has 2 rings (SSSR count). The van der Waals surface area contributed by atoms with Gasteiger partial charge >= 0.3 is 0 Å². The molecule has 1 amide bonds. The van der Waals surface area contributed by atoms with Gasteiger partial charge in [-0.3, -0.25) is 14.5 Å². The third kappa shape index (κ3) is 4.00. The molecule has 1 aliphatic heterocycles. The van der Waals surface area contributed by atoms with Gasteiger partial charge in [0, 0.05) is 18.7 Å². The second kappa shape index (κ2) is 6.98. The summed E-state index contributed by atoms with van der Waals surface area (Å²) in [5.74, 6) is -0.0497. The van der Waals surface area contributed by atoms with Crippen molar-refractivity contribution in [3.63, 3.8) is 0 Å². The molecule has 110 valence electrons. The van der Waals surface area contributed by atoms with Crippen LogP contribution in [0.25, 0.3) is 6.08 Å². The second-order valence-electron chi connectivity index (χ2n) is 4.92. The molecule has 1 aromatic carbocycles. The number of hydrogen-bond acceptors (Lipinski definition) is 5. The Hall–Kier alpha value is -1.50. The standard InChI is InChI=1S/C15H16N2O2S2/c1-16(2)7-8-17-14(19)13(21-15(17)20)9-11-3-5-12(10-18)6-4-11/h3-6,9-10H,7-8H2,1-2H3/b13-9-. The van der Waals surface area contributed by atoms with E-state index >= 15 is 0 Å². The number of nitrogens with zero attached hydrogens (tertiary/aromatic N) is 2. The fraction of sp³-hybridized carbons (Fsp3) is 0.267. The molecule has 0 aliphatic carbocycles. The summed E-state index contributed by atoms with van der Waals surface area (Å²) < 4.78 is 0.595. The lowest BCUT2D eigenvalue weighted by atomic mass is 10.1. The zero-order valence-corrected chi connectivity index (χ0v) is 13.5. The van der Waals surface area contributed by atoms with Crippen molar-refractivity contribution in [2.45, 2.75) is 0 Å². The number of hydrogen-bond donors (Lipinski definition) is 0. The molecule has 0 unspecified atom stereocenters. The minimum Gasteiger partial charge on any atom is -0.308 e. The molecule has 1 aromatic rings. The van der Waals surface area contributed by atoms with E-state index in [2.05, 4.69) is 0 Å². The number of carbonyl (C=O) groups excluding carboxylic acids is 2. The first-order valence-corrected chi connectivity index (χ1v) is 7.69. The van der Waals surface area contributed by atoms with Gasteiger partial charge in [-0.15, -0.1) is 0 Å². The number of benzene rings is 1. The van der Waals surface area contributed by atoms with Gasteiger partial charge in [-0.25, -0.2) is 0 Å². The monoisotopic (exact) mass is 320 g/mol. The Morgan fingerprint density at radius 1 is 1.24 bits per heavy atom. The molecule has 0 N–H and O–H groups in total. The maximum Gasteiger partial charge on any atom is 0.266 e. The highest BCUT2D eigenvalue weighted by atomic mass is 32.2. The molecule has 1 saturated heterocycles. The lowest BCUT2D eigenvalue weighted by Crippen LogP contribution is -2.34. The smallest absolute Gasteiger partial charge is 0.266 e. The number of amides is 1. The topological polar surface area (TPSA) is 40.6 Å². The normalized spacial score (nSPS) is 17.1. The van der Waals surface area contributed by atoms with E-state index in [0.717, 1.165) is 18.4 Å². The molecule has 0 radical (unpaired) electrons. The zero-order chi connectivity index (χ0) is 15.4. The van der Waals surface area contributed by atoms with Crippen LogP contribution in [0.2, 0.25) is 0 Å². The molecule has 1 aliphatic rings. The summed E-state index contributed by atoms with van der Waals surface area (Å²) in [7, 11) is 3.92. The van der Waals surface area contributed by atoms with Gasteiger partial charge in [0.15, 0.2) is 0 Å². The van der Waals surface area contributed by atoms with Crippen molar-refractivity contribution in [2.24, 2.45) is 0 Å². The quantitative estimate of drug-likeness (QED) is 0.473. The van der Waals surface area contributed by atoms with Crippen molar-refractivity contribution >= 4 is 46.6 Å². The zero-order valence-electron chi connectivity index (χ0n) is 11.9. The number of carbonyl (C=O) groups is 2. The lowest BCUT2D eigenvalue weighted by molar-refractivity contribution is -0.122. The molecule has 6 heteroatoms. The minimum absolute atomic E-state index is 0.0497. The van der Waals surface area contributed by atoms with Gasteiger partial charge in [0.05, 0.1) is 4.91 Å². The average molecular weight is 320 g/mol. The van der Waals surface area contributed by atoms with Gasteiger partial charge in [-0.1, -0.05) is 48.2 Å². The minimum atomic E-state index is -0.0497. The maximum atomic E-state index is 12.3. The van der Waals surface area contributed by atoms with Crippen LogP contribution < -0.4 is 0 Å². The molecule has 4 nitrogen and oxygen atoms in total. The van der Waals surface area contributed by atoms with Gasteiger partial charge in [0.2, 0.25) is 0 Å². The highest BCUT2D eigenvalue weighted by Gasteiger charge is 2.31. The molecule has 0 saturated carbocycles. The van der Waals surface area contributed by atoms with E-state index < -0.39 is 0 Å². The molecular weight excluding hydrogens is 304 g/mol. The summed E-state index contributed by atoms with van der Waals surface area (Å²) in [6, 6.07) is 7.09. The van der Waals surface area contributed by atoms with Crippen molar-refractivity contribution in [3.8, 4) is 0 Å². The van der Waals surface area contributed by atoms with E-state index in [4.69, 9.17) is 12.2 Å². The Morgan fingerprint density at radius 2 is 1.86 bits per heavy atom. The van der Waals surface area contributed by atoms with Crippen molar-refractivity contribution in [1.29, 1.82) is 0 Å². The Bertz CT molecular complexity index is 594. The van der Waals surface area contributed by atoms with E-state index in [0.29, 0.717) is 21.3 Å². The van der Waals surface area contributed by atoms with Gasteiger partial charge in [-0.2, -0.15) is 0 Å². The fourth-order valence-corrected chi connectivity index (χ4v) is 3.12. The van der Waals surface area contributed by atoms with Crippen molar-refractivity contribution in [2.75, 3.05) is 27.2 Å². The van der Waals surface area contributed by atoms with Crippen molar-refractivity contribution in [1.82, 2.24) is 9.80 Å². The molecule has 21 heavy (non-hydrogen) atoms. The number of thiocarbonyl (C=S) groups is 1. The predicted octanol–water partition coefficient (Wildman–Crippen LogP) is 2.26. The van der Waals surface area contributed by atoms with Crippen LogP contribution >= 0.6 is 24.0 Å². The summed E-state index contributed by atoms with van der Waals surface area (Å²) in [4.78, 5) is 27.2. The van der Waals surface area contributed by atoms with Gasteiger partial charge in [0.25, 0.3) is 5.91 Å². The van der Waals surface area contributed by atoms with Crippen LogP contribution in [0.5, 0.6) is 0 Å².